The van der Waals surface area contributed by atoms with Gasteiger partial charge in [0, 0.05) is 17.2 Å². The van der Waals surface area contributed by atoms with E-state index in [-0.39, 0.29) is 11.3 Å². The van der Waals surface area contributed by atoms with Crippen LogP contribution in [-0.2, 0) is 0 Å². The molecule has 0 aliphatic heterocycles. The molecule has 1 aromatic carbocycles. The van der Waals surface area contributed by atoms with Crippen LogP contribution in [0.3, 0.4) is 0 Å². The normalized spacial score (nSPS) is 9.89. The zero-order chi connectivity index (χ0) is 13.8. The molecule has 0 aliphatic rings. The van der Waals surface area contributed by atoms with Gasteiger partial charge in [0.2, 0.25) is 0 Å². The Morgan fingerprint density at radius 1 is 1.37 bits per heavy atom. The van der Waals surface area contributed by atoms with Crippen LogP contribution < -0.4 is 0 Å². The third kappa shape index (κ3) is 3.22. The van der Waals surface area contributed by atoms with Crippen molar-refractivity contribution in [2.45, 2.75) is 9.92 Å². The second-order valence-electron chi connectivity index (χ2n) is 3.46. The van der Waals surface area contributed by atoms with Gasteiger partial charge in [-0.2, -0.15) is 5.26 Å². The van der Waals surface area contributed by atoms with E-state index in [0.717, 1.165) is 0 Å². The van der Waals surface area contributed by atoms with Crippen LogP contribution in [0.25, 0.3) is 0 Å². The lowest BCUT2D eigenvalue weighted by Gasteiger charge is -2.02. The van der Waals surface area contributed by atoms with Crippen molar-refractivity contribution in [2.75, 3.05) is 0 Å². The minimum Gasteiger partial charge on any atom is -0.258 e. The molecule has 0 spiro atoms. The van der Waals surface area contributed by atoms with Gasteiger partial charge in [-0.25, -0.2) is 4.98 Å². The number of benzene rings is 1. The zero-order valence-electron chi connectivity index (χ0n) is 9.41. The minimum absolute atomic E-state index is 0.0314. The Hall–Kier alpha value is -2.10. The van der Waals surface area contributed by atoms with Crippen molar-refractivity contribution in [1.29, 1.82) is 5.26 Å². The van der Waals surface area contributed by atoms with E-state index < -0.39 is 4.92 Å². The molecule has 7 heteroatoms. The van der Waals surface area contributed by atoms with Crippen LogP contribution in [0.15, 0.2) is 46.5 Å². The summed E-state index contributed by atoms with van der Waals surface area (Å²) in [5.74, 6) is 0. The SMILES string of the molecule is N#Cc1cc(Sc2ccc(Cl)cn2)ccc1[N+](=O)[O-]. The maximum absolute atomic E-state index is 10.7. The highest BCUT2D eigenvalue weighted by Gasteiger charge is 2.14. The minimum atomic E-state index is -0.576. The number of pyridine rings is 1. The first-order valence-electron chi connectivity index (χ1n) is 5.08. The Morgan fingerprint density at radius 3 is 2.74 bits per heavy atom. The predicted molar refractivity (Wildman–Crippen MR) is 71.2 cm³/mol. The number of nitrogens with zero attached hydrogens (tertiary/aromatic N) is 3. The molecule has 0 amide bonds. The monoisotopic (exact) mass is 291 g/mol. The summed E-state index contributed by atoms with van der Waals surface area (Å²) >= 11 is 7.03. The largest absolute Gasteiger partial charge is 0.287 e. The molecule has 0 radical (unpaired) electrons. The maximum Gasteiger partial charge on any atom is 0.287 e. The van der Waals surface area contributed by atoms with Crippen LogP contribution in [0.2, 0.25) is 5.02 Å². The van der Waals surface area contributed by atoms with Crippen molar-refractivity contribution < 1.29 is 4.92 Å². The molecule has 2 rings (SSSR count). The summed E-state index contributed by atoms with van der Waals surface area (Å²) < 4.78 is 0. The van der Waals surface area contributed by atoms with Crippen LogP contribution in [0.5, 0.6) is 0 Å². The molecule has 2 aromatic rings. The zero-order valence-corrected chi connectivity index (χ0v) is 11.0. The second kappa shape index (κ2) is 5.69. The molecule has 19 heavy (non-hydrogen) atoms. The van der Waals surface area contributed by atoms with Crippen molar-refractivity contribution in [3.63, 3.8) is 0 Å². The number of aromatic nitrogens is 1. The lowest BCUT2D eigenvalue weighted by atomic mass is 10.2. The Kier molecular flexibility index (Phi) is 4.00. The fourth-order valence-corrected chi connectivity index (χ4v) is 2.28. The molecule has 1 heterocycles. The van der Waals surface area contributed by atoms with E-state index >= 15 is 0 Å². The average Bonchev–Trinajstić information content (AvgIpc) is 2.41. The van der Waals surface area contributed by atoms with E-state index in [9.17, 15) is 10.1 Å². The van der Waals surface area contributed by atoms with Gasteiger partial charge in [0.15, 0.2) is 0 Å². The molecule has 0 fully saturated rings. The number of nitro groups is 1. The van der Waals surface area contributed by atoms with Crippen LogP contribution in [0, 0.1) is 21.4 Å². The van der Waals surface area contributed by atoms with Crippen molar-refractivity contribution in [3.05, 3.63) is 57.2 Å². The van der Waals surface area contributed by atoms with Gasteiger partial charge in [-0.05, 0) is 24.3 Å². The summed E-state index contributed by atoms with van der Waals surface area (Å²) in [6.45, 7) is 0. The van der Waals surface area contributed by atoms with Crippen molar-refractivity contribution in [1.82, 2.24) is 4.98 Å². The van der Waals surface area contributed by atoms with Gasteiger partial charge >= 0.3 is 0 Å². The van der Waals surface area contributed by atoms with E-state index in [1.807, 2.05) is 6.07 Å². The summed E-state index contributed by atoms with van der Waals surface area (Å²) in [7, 11) is 0. The molecule has 0 saturated heterocycles. The fourth-order valence-electron chi connectivity index (χ4n) is 1.37. The van der Waals surface area contributed by atoms with E-state index in [4.69, 9.17) is 16.9 Å². The quantitative estimate of drug-likeness (QED) is 0.637. The smallest absolute Gasteiger partial charge is 0.258 e. The highest BCUT2D eigenvalue weighted by molar-refractivity contribution is 7.99. The van der Waals surface area contributed by atoms with Crippen LogP contribution in [-0.4, -0.2) is 9.91 Å². The molecule has 0 bridgehead atoms. The van der Waals surface area contributed by atoms with E-state index in [2.05, 4.69) is 4.98 Å². The Bertz CT molecular complexity index is 668. The number of nitro benzene ring substituents is 1. The molecule has 5 nitrogen and oxygen atoms in total. The van der Waals surface area contributed by atoms with Gasteiger partial charge in [0.05, 0.1) is 9.95 Å². The maximum atomic E-state index is 10.7. The number of hydrogen-bond donors (Lipinski definition) is 0. The molecule has 0 saturated carbocycles. The van der Waals surface area contributed by atoms with E-state index in [0.29, 0.717) is 14.9 Å². The van der Waals surface area contributed by atoms with Gasteiger partial charge in [-0.15, -0.1) is 0 Å². The first-order valence-corrected chi connectivity index (χ1v) is 6.27. The second-order valence-corrected chi connectivity index (χ2v) is 4.99. The van der Waals surface area contributed by atoms with Gasteiger partial charge in [-0.3, -0.25) is 10.1 Å². The third-order valence-corrected chi connectivity index (χ3v) is 3.37. The Labute approximate surface area is 118 Å². The van der Waals surface area contributed by atoms with E-state index in [1.54, 1.807) is 18.2 Å². The predicted octanol–water partition coefficient (Wildman–Crippen LogP) is 3.67. The highest BCUT2D eigenvalue weighted by Crippen LogP contribution is 2.30. The summed E-state index contributed by atoms with van der Waals surface area (Å²) in [5, 5.41) is 20.8. The topological polar surface area (TPSA) is 79.8 Å². The van der Waals surface area contributed by atoms with Gasteiger partial charge < -0.3 is 0 Å². The van der Waals surface area contributed by atoms with Crippen LogP contribution in [0.1, 0.15) is 5.56 Å². The lowest BCUT2D eigenvalue weighted by Crippen LogP contribution is -1.92. The van der Waals surface area contributed by atoms with Gasteiger partial charge in [0.1, 0.15) is 16.7 Å². The number of halogens is 1. The molecule has 94 valence electrons. The number of nitriles is 1. The summed E-state index contributed by atoms with van der Waals surface area (Å²) in [6.07, 6.45) is 1.51. The molecular formula is C12H6ClN3O2S. The Balaban J connectivity index is 2.29. The molecule has 0 N–H and O–H groups in total. The van der Waals surface area contributed by atoms with Crippen molar-refractivity contribution >= 4 is 29.1 Å². The van der Waals surface area contributed by atoms with Gasteiger partial charge in [-0.1, -0.05) is 23.4 Å². The van der Waals surface area contributed by atoms with Crippen LogP contribution >= 0.6 is 23.4 Å². The molecule has 1 aromatic heterocycles. The molecular weight excluding hydrogens is 286 g/mol. The summed E-state index contributed by atoms with van der Waals surface area (Å²) in [6, 6.07) is 9.62. The van der Waals surface area contributed by atoms with Crippen molar-refractivity contribution in [3.8, 4) is 6.07 Å². The molecule has 0 unspecified atom stereocenters. The lowest BCUT2D eigenvalue weighted by molar-refractivity contribution is -0.385. The third-order valence-electron chi connectivity index (χ3n) is 2.21. The van der Waals surface area contributed by atoms with Crippen LogP contribution in [0.4, 0.5) is 5.69 Å². The summed E-state index contributed by atoms with van der Waals surface area (Å²) in [4.78, 5) is 14.9. The molecule has 0 atom stereocenters. The van der Waals surface area contributed by atoms with Crippen molar-refractivity contribution in [2.24, 2.45) is 0 Å². The average molecular weight is 292 g/mol. The molecule has 0 aliphatic carbocycles. The first kappa shape index (κ1) is 13.3. The fraction of sp³-hybridized carbons (Fsp3) is 0. The first-order chi connectivity index (χ1) is 9.10. The summed E-state index contributed by atoms with van der Waals surface area (Å²) in [5.41, 5.74) is -0.167. The number of hydrogen-bond acceptors (Lipinski definition) is 5. The highest BCUT2D eigenvalue weighted by atomic mass is 35.5. The van der Waals surface area contributed by atoms with Gasteiger partial charge in [0.25, 0.3) is 5.69 Å². The van der Waals surface area contributed by atoms with E-state index in [1.165, 1.54) is 30.1 Å². The number of rotatable bonds is 3. The Morgan fingerprint density at radius 2 is 2.16 bits per heavy atom. The standard InChI is InChI=1S/C12H6ClN3O2S/c13-9-1-4-12(15-7-9)19-10-2-3-11(16(17)18)8(5-10)6-14/h1-5,7H.